The Morgan fingerprint density at radius 2 is 1.89 bits per heavy atom. The first-order chi connectivity index (χ1) is 8.86. The van der Waals surface area contributed by atoms with Gasteiger partial charge < -0.3 is 5.11 Å². The molecule has 0 amide bonds. The van der Waals surface area contributed by atoms with Crippen LogP contribution < -0.4 is 0 Å². The van der Waals surface area contributed by atoms with Crippen LogP contribution in [0, 0.1) is 5.82 Å². The predicted molar refractivity (Wildman–Crippen MR) is 72.7 cm³/mol. The molecule has 1 aromatic carbocycles. The van der Waals surface area contributed by atoms with Crippen molar-refractivity contribution in [2.24, 2.45) is 0 Å². The van der Waals surface area contributed by atoms with Gasteiger partial charge in [0.2, 0.25) is 10.0 Å². The summed E-state index contributed by atoms with van der Waals surface area (Å²) in [5.41, 5.74) is 0.499. The minimum Gasteiger partial charge on any atom is -0.387 e. The average molecular weight is 289 g/mol. The Morgan fingerprint density at radius 1 is 1.32 bits per heavy atom. The first-order valence-electron chi connectivity index (χ1n) is 6.24. The van der Waals surface area contributed by atoms with Gasteiger partial charge >= 0.3 is 0 Å². The van der Waals surface area contributed by atoms with Crippen molar-refractivity contribution in [2.45, 2.75) is 25.9 Å². The fourth-order valence-corrected chi connectivity index (χ4v) is 2.96. The Labute approximate surface area is 113 Å². The van der Waals surface area contributed by atoms with Crippen LogP contribution in [0.2, 0.25) is 0 Å². The zero-order chi connectivity index (χ0) is 14.5. The zero-order valence-electron chi connectivity index (χ0n) is 11.2. The van der Waals surface area contributed by atoms with Gasteiger partial charge in [0.05, 0.1) is 11.9 Å². The number of likely N-dealkylation sites (N-methyl/N-ethyl adjacent to an activating group) is 1. The lowest BCUT2D eigenvalue weighted by atomic mass is 10.1. The van der Waals surface area contributed by atoms with Crippen LogP contribution in [0.5, 0.6) is 0 Å². The van der Waals surface area contributed by atoms with Crippen LogP contribution in [0.15, 0.2) is 24.3 Å². The molecule has 108 valence electrons. The molecule has 0 radical (unpaired) electrons. The summed E-state index contributed by atoms with van der Waals surface area (Å²) in [5.74, 6) is -0.310. The summed E-state index contributed by atoms with van der Waals surface area (Å²) in [7, 11) is -1.89. The van der Waals surface area contributed by atoms with Gasteiger partial charge in [0.15, 0.2) is 0 Å². The summed E-state index contributed by atoms with van der Waals surface area (Å²) < 4.78 is 37.6. The molecule has 6 heteroatoms. The van der Waals surface area contributed by atoms with Crippen LogP contribution >= 0.6 is 0 Å². The van der Waals surface area contributed by atoms with E-state index in [-0.39, 0.29) is 18.1 Å². The molecule has 0 bridgehead atoms. The van der Waals surface area contributed by atoms with Gasteiger partial charge in [0.25, 0.3) is 0 Å². The summed E-state index contributed by atoms with van der Waals surface area (Å²) in [6.45, 7) is 1.89. The maximum atomic E-state index is 12.8. The van der Waals surface area contributed by atoms with Crippen molar-refractivity contribution in [3.63, 3.8) is 0 Å². The van der Waals surface area contributed by atoms with Gasteiger partial charge in [0.1, 0.15) is 5.82 Å². The minimum atomic E-state index is -3.33. The molecule has 0 heterocycles. The third kappa shape index (κ3) is 4.89. The highest BCUT2D eigenvalue weighted by molar-refractivity contribution is 7.89. The van der Waals surface area contributed by atoms with E-state index < -0.39 is 16.1 Å². The van der Waals surface area contributed by atoms with Gasteiger partial charge in [-0.3, -0.25) is 0 Å². The predicted octanol–water partition coefficient (Wildman–Crippen LogP) is 1.92. The largest absolute Gasteiger partial charge is 0.387 e. The molecule has 1 rings (SSSR count). The summed E-state index contributed by atoms with van der Waals surface area (Å²) >= 11 is 0. The number of hydrogen-bond acceptors (Lipinski definition) is 3. The molecule has 1 aromatic rings. The first-order valence-corrected chi connectivity index (χ1v) is 7.85. The van der Waals surface area contributed by atoms with Gasteiger partial charge in [-0.2, -0.15) is 0 Å². The number of rotatable bonds is 7. The second-order valence-electron chi connectivity index (χ2n) is 4.52. The van der Waals surface area contributed by atoms with Crippen molar-refractivity contribution < 1.29 is 17.9 Å². The summed E-state index contributed by atoms with van der Waals surface area (Å²) in [5, 5.41) is 9.94. The van der Waals surface area contributed by atoms with E-state index in [9.17, 15) is 17.9 Å². The van der Waals surface area contributed by atoms with Crippen molar-refractivity contribution in [3.8, 4) is 0 Å². The van der Waals surface area contributed by atoms with Gasteiger partial charge in [-0.15, -0.1) is 0 Å². The highest BCUT2D eigenvalue weighted by Crippen LogP contribution is 2.16. The van der Waals surface area contributed by atoms with Crippen molar-refractivity contribution >= 4 is 10.0 Å². The summed E-state index contributed by atoms with van der Waals surface area (Å²) in [6, 6.07) is 5.38. The van der Waals surface area contributed by atoms with Crippen LogP contribution in [0.25, 0.3) is 0 Å². The van der Waals surface area contributed by atoms with Crippen molar-refractivity contribution in [1.29, 1.82) is 0 Å². The second-order valence-corrected chi connectivity index (χ2v) is 6.71. The van der Waals surface area contributed by atoms with Crippen LogP contribution in [0.1, 0.15) is 31.4 Å². The Bertz CT molecular complexity index is 487. The normalized spacial score (nSPS) is 13.7. The molecule has 0 aliphatic rings. The molecule has 0 saturated heterocycles. The number of benzene rings is 1. The van der Waals surface area contributed by atoms with E-state index in [0.29, 0.717) is 12.0 Å². The standard InChI is InChI=1S/C13H20FNO3S/c1-3-4-9-19(17,18)15(2)10-13(16)11-5-7-12(14)8-6-11/h5-8,13,16H,3-4,9-10H2,1-2H3/t13-/m0/s1. The smallest absolute Gasteiger partial charge is 0.213 e. The Morgan fingerprint density at radius 3 is 2.42 bits per heavy atom. The molecule has 1 atom stereocenters. The molecule has 0 aromatic heterocycles. The molecule has 0 fully saturated rings. The van der Waals surface area contributed by atoms with E-state index in [4.69, 9.17) is 0 Å². The number of sulfonamides is 1. The fraction of sp³-hybridized carbons (Fsp3) is 0.538. The van der Waals surface area contributed by atoms with E-state index in [1.807, 2.05) is 6.92 Å². The highest BCUT2D eigenvalue weighted by Gasteiger charge is 2.20. The van der Waals surface area contributed by atoms with Crippen LogP contribution in [0.4, 0.5) is 4.39 Å². The molecule has 0 aliphatic heterocycles. The number of aliphatic hydroxyl groups excluding tert-OH is 1. The van der Waals surface area contributed by atoms with Crippen molar-refractivity contribution in [2.75, 3.05) is 19.3 Å². The Kier molecular flexibility index (Phi) is 5.90. The van der Waals surface area contributed by atoms with Gasteiger partial charge in [0, 0.05) is 13.6 Å². The maximum absolute atomic E-state index is 12.8. The maximum Gasteiger partial charge on any atom is 0.213 e. The van der Waals surface area contributed by atoms with E-state index >= 15 is 0 Å². The van der Waals surface area contributed by atoms with Crippen molar-refractivity contribution in [1.82, 2.24) is 4.31 Å². The number of aliphatic hydroxyl groups is 1. The van der Waals surface area contributed by atoms with E-state index in [2.05, 4.69) is 0 Å². The highest BCUT2D eigenvalue weighted by atomic mass is 32.2. The monoisotopic (exact) mass is 289 g/mol. The van der Waals surface area contributed by atoms with Gasteiger partial charge in [-0.25, -0.2) is 17.1 Å². The van der Waals surface area contributed by atoms with Gasteiger partial charge in [-0.05, 0) is 24.1 Å². The van der Waals surface area contributed by atoms with Crippen LogP contribution in [0.3, 0.4) is 0 Å². The number of hydrogen-bond donors (Lipinski definition) is 1. The van der Waals surface area contributed by atoms with Crippen LogP contribution in [-0.2, 0) is 10.0 Å². The van der Waals surface area contributed by atoms with E-state index in [1.54, 1.807) is 0 Å². The van der Waals surface area contributed by atoms with Crippen molar-refractivity contribution in [3.05, 3.63) is 35.6 Å². The SMILES string of the molecule is CCCCS(=O)(=O)N(C)C[C@H](O)c1ccc(F)cc1. The molecule has 1 N–H and O–H groups in total. The van der Waals surface area contributed by atoms with E-state index in [1.165, 1.54) is 31.3 Å². The Balaban J connectivity index is 2.65. The molecule has 19 heavy (non-hydrogen) atoms. The topological polar surface area (TPSA) is 57.6 Å². The number of halogens is 1. The Hall–Kier alpha value is -0.980. The van der Waals surface area contributed by atoms with Crippen LogP contribution in [-0.4, -0.2) is 37.2 Å². The molecule has 0 saturated carbocycles. The molecular weight excluding hydrogens is 269 g/mol. The third-order valence-electron chi connectivity index (χ3n) is 2.92. The summed E-state index contributed by atoms with van der Waals surface area (Å²) in [4.78, 5) is 0. The summed E-state index contributed by atoms with van der Waals surface area (Å²) in [6.07, 6.45) is 0.439. The molecule has 4 nitrogen and oxygen atoms in total. The third-order valence-corrected chi connectivity index (χ3v) is 4.82. The quantitative estimate of drug-likeness (QED) is 0.834. The zero-order valence-corrected chi connectivity index (χ0v) is 12.0. The molecule has 0 spiro atoms. The molecular formula is C13H20FNO3S. The molecule has 0 unspecified atom stereocenters. The number of unbranched alkanes of at least 4 members (excludes halogenated alkanes) is 1. The molecule has 0 aliphatic carbocycles. The second kappa shape index (κ2) is 6.98. The minimum absolute atomic E-state index is 0.0301. The lowest BCUT2D eigenvalue weighted by Gasteiger charge is -2.20. The number of nitrogens with zero attached hydrogens (tertiary/aromatic N) is 1. The fourth-order valence-electron chi connectivity index (χ4n) is 1.63. The van der Waals surface area contributed by atoms with Gasteiger partial charge in [-0.1, -0.05) is 25.5 Å². The average Bonchev–Trinajstić information content (AvgIpc) is 2.37. The van der Waals surface area contributed by atoms with E-state index in [0.717, 1.165) is 10.7 Å². The lowest BCUT2D eigenvalue weighted by Crippen LogP contribution is -2.33. The lowest BCUT2D eigenvalue weighted by molar-refractivity contribution is 0.155. The first kappa shape index (κ1) is 16.1.